The molecule has 0 aliphatic heterocycles. The molecule has 0 radical (unpaired) electrons. The third-order valence-corrected chi connectivity index (χ3v) is 3.47. The normalized spacial score (nSPS) is 11.3. The van der Waals surface area contributed by atoms with Crippen LogP contribution in [0, 0.1) is 6.92 Å². The van der Waals surface area contributed by atoms with Gasteiger partial charge in [0.2, 0.25) is 5.91 Å². The van der Waals surface area contributed by atoms with Crippen LogP contribution in [-0.4, -0.2) is 21.2 Å². The number of aliphatic carboxylic acids is 1. The van der Waals surface area contributed by atoms with E-state index in [1.54, 1.807) is 42.9 Å². The summed E-state index contributed by atoms with van der Waals surface area (Å²) in [6.45, 7) is 2.93. The van der Waals surface area contributed by atoms with Crippen LogP contribution in [0.25, 0.3) is 5.69 Å². The van der Waals surface area contributed by atoms with Gasteiger partial charge in [-0.05, 0) is 31.6 Å². The predicted molar refractivity (Wildman–Crippen MR) is 83.1 cm³/mol. The highest BCUT2D eigenvalue weighted by Gasteiger charge is 2.17. The molecule has 1 aromatic carbocycles. The second-order valence-corrected chi connectivity index (χ2v) is 5.04. The molecule has 7 heteroatoms. The van der Waals surface area contributed by atoms with Crippen LogP contribution in [0.4, 0.5) is 5.69 Å². The van der Waals surface area contributed by atoms with Crippen LogP contribution in [0.2, 0.25) is 0 Å². The third kappa shape index (κ3) is 3.23. The first-order valence-electron chi connectivity index (χ1n) is 6.87. The first kappa shape index (κ1) is 16.3. The van der Waals surface area contributed by atoms with Gasteiger partial charge in [0, 0.05) is 13.1 Å². The summed E-state index contributed by atoms with van der Waals surface area (Å²) >= 11 is 0. The highest BCUT2D eigenvalue weighted by Crippen LogP contribution is 2.14. The second-order valence-electron chi connectivity index (χ2n) is 5.04. The van der Waals surface area contributed by atoms with Gasteiger partial charge in [0.25, 0.3) is 5.56 Å². The maximum atomic E-state index is 12.5. The largest absolute Gasteiger partial charge is 0.545 e. The number of carbonyl (C=O) groups excluding carboxylic acids is 2. The molecule has 120 valence electrons. The Morgan fingerprint density at radius 2 is 1.83 bits per heavy atom. The second kappa shape index (κ2) is 6.35. The Morgan fingerprint density at radius 1 is 1.22 bits per heavy atom. The minimum Gasteiger partial charge on any atom is -0.545 e. The molecule has 0 aliphatic rings. The minimum atomic E-state index is -1.44. The molecule has 1 amide bonds. The summed E-state index contributed by atoms with van der Waals surface area (Å²) in [6, 6.07) is 8.97. The van der Waals surface area contributed by atoms with Crippen LogP contribution in [0.5, 0.6) is 0 Å². The maximum Gasteiger partial charge on any atom is 0.295 e. The van der Waals surface area contributed by atoms with Crippen molar-refractivity contribution in [3.05, 3.63) is 58.0 Å². The Labute approximate surface area is 132 Å². The number of carbonyl (C=O) groups is 2. The minimum absolute atomic E-state index is 0.101. The fourth-order valence-electron chi connectivity index (χ4n) is 2.13. The van der Waals surface area contributed by atoms with Crippen molar-refractivity contribution in [1.82, 2.24) is 9.36 Å². The maximum absolute atomic E-state index is 12.5. The molecule has 0 saturated carbocycles. The number of nitrogens with one attached hydrogen (secondary N) is 1. The Hall–Kier alpha value is -3.09. The number of hydrogen-bond donors (Lipinski definition) is 1. The topological polar surface area (TPSA) is 96.2 Å². The van der Waals surface area contributed by atoms with E-state index in [0.717, 1.165) is 6.08 Å². The summed E-state index contributed by atoms with van der Waals surface area (Å²) in [6.07, 6.45) is 0.883. The molecular weight excluding hydrogens is 298 g/mol. The summed E-state index contributed by atoms with van der Waals surface area (Å²) in [5.74, 6) is -2.13. The Morgan fingerprint density at radius 3 is 2.39 bits per heavy atom. The number of nitrogens with zero attached hydrogens (tertiary/aromatic N) is 2. The van der Waals surface area contributed by atoms with Crippen LogP contribution in [-0.2, 0) is 16.6 Å². The molecule has 2 aromatic rings. The fourth-order valence-corrected chi connectivity index (χ4v) is 2.13. The van der Waals surface area contributed by atoms with E-state index in [-0.39, 0.29) is 11.3 Å². The molecule has 0 atom stereocenters. The zero-order valence-corrected chi connectivity index (χ0v) is 13.0. The number of carboxylic acids is 1. The van der Waals surface area contributed by atoms with E-state index < -0.39 is 17.4 Å². The molecule has 7 nitrogen and oxygen atoms in total. The van der Waals surface area contributed by atoms with Gasteiger partial charge in [-0.15, -0.1) is 0 Å². The van der Waals surface area contributed by atoms with E-state index in [9.17, 15) is 19.5 Å². The lowest BCUT2D eigenvalue weighted by Crippen LogP contribution is -2.25. The van der Waals surface area contributed by atoms with Crippen molar-refractivity contribution >= 4 is 17.6 Å². The quantitative estimate of drug-likeness (QED) is 0.811. The van der Waals surface area contributed by atoms with Gasteiger partial charge in [0.15, 0.2) is 0 Å². The highest BCUT2D eigenvalue weighted by molar-refractivity contribution is 6.03. The number of rotatable bonds is 4. The molecule has 0 aliphatic carbocycles. The zero-order valence-electron chi connectivity index (χ0n) is 13.0. The van der Waals surface area contributed by atoms with E-state index in [1.807, 2.05) is 6.07 Å². The summed E-state index contributed by atoms with van der Waals surface area (Å²) in [4.78, 5) is 35.0. The van der Waals surface area contributed by atoms with Crippen molar-refractivity contribution in [2.75, 3.05) is 5.32 Å². The Balaban J connectivity index is 2.43. The average molecular weight is 314 g/mol. The summed E-state index contributed by atoms with van der Waals surface area (Å²) in [7, 11) is 1.70. The van der Waals surface area contributed by atoms with Crippen LogP contribution in [0.3, 0.4) is 0 Å². The lowest BCUT2D eigenvalue weighted by molar-refractivity contribution is -0.299. The van der Waals surface area contributed by atoms with Crippen LogP contribution >= 0.6 is 0 Å². The van der Waals surface area contributed by atoms with Crippen LogP contribution in [0.1, 0.15) is 12.6 Å². The molecule has 1 N–H and O–H groups in total. The number of para-hydroxylation sites is 1. The van der Waals surface area contributed by atoms with E-state index in [1.165, 1.54) is 11.6 Å². The van der Waals surface area contributed by atoms with E-state index >= 15 is 0 Å². The molecule has 0 fully saturated rings. The first-order chi connectivity index (χ1) is 10.8. The van der Waals surface area contributed by atoms with Gasteiger partial charge in [-0.2, -0.15) is 0 Å². The SMILES string of the molecule is C/C(=C/C(=O)Nc1c(C)n(C)n(-c2ccccc2)c1=O)C(=O)[O-]. The molecule has 0 bridgehead atoms. The number of amides is 1. The monoisotopic (exact) mass is 314 g/mol. The number of hydrogen-bond acceptors (Lipinski definition) is 4. The Kier molecular flexibility index (Phi) is 4.49. The number of anilines is 1. The van der Waals surface area contributed by atoms with E-state index in [2.05, 4.69) is 5.32 Å². The zero-order chi connectivity index (χ0) is 17.1. The van der Waals surface area contributed by atoms with Crippen molar-refractivity contribution in [2.45, 2.75) is 13.8 Å². The van der Waals surface area contributed by atoms with Crippen molar-refractivity contribution in [2.24, 2.45) is 7.05 Å². The van der Waals surface area contributed by atoms with Gasteiger partial charge in [-0.25, -0.2) is 4.68 Å². The van der Waals surface area contributed by atoms with Gasteiger partial charge in [0.05, 0.1) is 17.4 Å². The van der Waals surface area contributed by atoms with Gasteiger partial charge >= 0.3 is 0 Å². The smallest absolute Gasteiger partial charge is 0.295 e. The van der Waals surface area contributed by atoms with Gasteiger partial charge in [-0.1, -0.05) is 18.2 Å². The molecule has 1 heterocycles. The molecule has 0 saturated heterocycles. The lowest BCUT2D eigenvalue weighted by Gasteiger charge is -2.07. The Bertz CT molecular complexity index is 844. The summed E-state index contributed by atoms with van der Waals surface area (Å²) < 4.78 is 3.03. The van der Waals surface area contributed by atoms with E-state index in [4.69, 9.17) is 0 Å². The van der Waals surface area contributed by atoms with Crippen molar-refractivity contribution in [1.29, 1.82) is 0 Å². The third-order valence-electron chi connectivity index (χ3n) is 3.47. The number of benzene rings is 1. The summed E-state index contributed by atoms with van der Waals surface area (Å²) in [5.41, 5.74) is 0.684. The standard InChI is InChI=1S/C16H17N3O4/c1-10(16(22)23)9-13(20)17-14-11(2)18(3)19(15(14)21)12-7-5-4-6-8-12/h4-9H,1-3H3,(H,17,20)(H,22,23)/p-1/b10-9-. The molecule has 2 rings (SSSR count). The molecular formula is C16H16N3O4-. The number of carboxylic acid groups (broad SMARTS) is 1. The molecule has 0 unspecified atom stereocenters. The van der Waals surface area contributed by atoms with Crippen LogP contribution < -0.4 is 16.0 Å². The summed E-state index contributed by atoms with van der Waals surface area (Å²) in [5, 5.41) is 13.1. The molecule has 1 aromatic heterocycles. The average Bonchev–Trinajstić information content (AvgIpc) is 2.72. The van der Waals surface area contributed by atoms with Crippen molar-refractivity contribution in [3.8, 4) is 5.69 Å². The fraction of sp³-hybridized carbons (Fsp3) is 0.188. The molecule has 23 heavy (non-hydrogen) atoms. The van der Waals surface area contributed by atoms with Gasteiger partial charge in [-0.3, -0.25) is 14.3 Å². The van der Waals surface area contributed by atoms with Gasteiger partial charge in [0.1, 0.15) is 5.69 Å². The van der Waals surface area contributed by atoms with Crippen LogP contribution in [0.15, 0.2) is 46.8 Å². The lowest BCUT2D eigenvalue weighted by atomic mass is 10.2. The van der Waals surface area contributed by atoms with Gasteiger partial charge < -0.3 is 15.2 Å². The van der Waals surface area contributed by atoms with Crippen molar-refractivity contribution in [3.63, 3.8) is 0 Å². The van der Waals surface area contributed by atoms with Crippen molar-refractivity contribution < 1.29 is 14.7 Å². The highest BCUT2D eigenvalue weighted by atomic mass is 16.4. The first-order valence-corrected chi connectivity index (χ1v) is 6.87. The van der Waals surface area contributed by atoms with E-state index in [0.29, 0.717) is 11.4 Å². The molecule has 0 spiro atoms. The number of aromatic nitrogens is 2. The predicted octanol–water partition coefficient (Wildman–Crippen LogP) is 0.119.